The molecule has 2 N–H and O–H groups in total. The van der Waals surface area contributed by atoms with E-state index in [-0.39, 0.29) is 17.7 Å². The second-order valence-electron chi connectivity index (χ2n) is 4.78. The summed E-state index contributed by atoms with van der Waals surface area (Å²) in [5.74, 6) is 0.182. The number of carbonyl (C=O) groups excluding carboxylic acids is 2. The van der Waals surface area contributed by atoms with Crippen LogP contribution in [0.1, 0.15) is 27.7 Å². The number of benzene rings is 1. The molecule has 1 aromatic carbocycles. The first-order valence-corrected chi connectivity index (χ1v) is 6.08. The highest BCUT2D eigenvalue weighted by molar-refractivity contribution is 5.93. The van der Waals surface area contributed by atoms with E-state index in [1.54, 1.807) is 24.3 Å². The molecule has 0 heterocycles. The Hall–Kier alpha value is -1.84. The monoisotopic (exact) mass is 248 g/mol. The van der Waals surface area contributed by atoms with Crippen molar-refractivity contribution >= 4 is 23.2 Å². The molecule has 0 bridgehead atoms. The first-order chi connectivity index (χ1) is 8.40. The normalized spacial score (nSPS) is 12.1. The predicted octanol–water partition coefficient (Wildman–Crippen LogP) is 2.88. The van der Waals surface area contributed by atoms with Crippen LogP contribution in [0.4, 0.5) is 11.4 Å². The van der Waals surface area contributed by atoms with Crippen molar-refractivity contribution in [3.63, 3.8) is 0 Å². The van der Waals surface area contributed by atoms with Gasteiger partial charge in [-0.1, -0.05) is 20.8 Å². The van der Waals surface area contributed by atoms with Gasteiger partial charge in [0.25, 0.3) is 0 Å². The highest BCUT2D eigenvalue weighted by Crippen LogP contribution is 2.16. The van der Waals surface area contributed by atoms with Crippen molar-refractivity contribution in [1.82, 2.24) is 0 Å². The summed E-state index contributed by atoms with van der Waals surface area (Å²) in [7, 11) is 0. The number of hydrogen-bond donors (Lipinski definition) is 2. The zero-order valence-corrected chi connectivity index (χ0v) is 11.3. The number of nitrogens with one attached hydrogen (secondary N) is 2. The molecule has 0 aliphatic heterocycles. The Morgan fingerprint density at radius 3 is 1.78 bits per heavy atom. The van der Waals surface area contributed by atoms with Gasteiger partial charge >= 0.3 is 0 Å². The van der Waals surface area contributed by atoms with Crippen LogP contribution in [0.5, 0.6) is 0 Å². The lowest BCUT2D eigenvalue weighted by Crippen LogP contribution is -2.24. The minimum Gasteiger partial charge on any atom is -0.326 e. The molecule has 0 spiro atoms. The summed E-state index contributed by atoms with van der Waals surface area (Å²) < 4.78 is 0. The molecular weight excluding hydrogens is 228 g/mol. The number of hydrogen-bond acceptors (Lipinski definition) is 2. The lowest BCUT2D eigenvalue weighted by Gasteiger charge is -2.15. The van der Waals surface area contributed by atoms with E-state index >= 15 is 0 Å². The maximum absolute atomic E-state index is 11.8. The molecule has 1 aromatic rings. The number of amides is 2. The zero-order valence-electron chi connectivity index (χ0n) is 11.3. The molecule has 0 aliphatic carbocycles. The molecule has 0 fully saturated rings. The fourth-order valence-electron chi connectivity index (χ4n) is 1.40. The molecule has 0 saturated carbocycles. The van der Waals surface area contributed by atoms with Gasteiger partial charge in [0.1, 0.15) is 0 Å². The fraction of sp³-hybridized carbons (Fsp3) is 0.429. The molecule has 0 saturated heterocycles. The van der Waals surface area contributed by atoms with E-state index in [1.807, 2.05) is 20.8 Å². The Balaban J connectivity index is 2.63. The van der Waals surface area contributed by atoms with Crippen LogP contribution in [0.2, 0.25) is 0 Å². The van der Waals surface area contributed by atoms with E-state index in [4.69, 9.17) is 0 Å². The van der Waals surface area contributed by atoms with Gasteiger partial charge in [0, 0.05) is 24.2 Å². The zero-order chi connectivity index (χ0) is 13.7. The highest BCUT2D eigenvalue weighted by Gasteiger charge is 2.16. The number of carbonyl (C=O) groups is 2. The minimum absolute atomic E-state index is 0.0114. The molecule has 18 heavy (non-hydrogen) atoms. The first kappa shape index (κ1) is 14.2. The van der Waals surface area contributed by atoms with Gasteiger partial charge in [-0.2, -0.15) is 0 Å². The molecule has 1 unspecified atom stereocenters. The second-order valence-corrected chi connectivity index (χ2v) is 4.78. The van der Waals surface area contributed by atoms with Crippen molar-refractivity contribution in [2.45, 2.75) is 27.7 Å². The standard InChI is InChI=1S/C14H20N2O2/c1-9(2)10(3)14(18)16-13-7-5-12(6-8-13)15-11(4)17/h5-10H,1-4H3,(H,15,17)(H,16,18). The fourth-order valence-corrected chi connectivity index (χ4v) is 1.40. The first-order valence-electron chi connectivity index (χ1n) is 6.08. The molecule has 2 amide bonds. The largest absolute Gasteiger partial charge is 0.326 e. The van der Waals surface area contributed by atoms with Crippen LogP contribution in [0, 0.1) is 11.8 Å². The molecular formula is C14H20N2O2. The average Bonchev–Trinajstić information content (AvgIpc) is 2.29. The summed E-state index contributed by atoms with van der Waals surface area (Å²) >= 11 is 0. The minimum atomic E-state index is -0.111. The highest BCUT2D eigenvalue weighted by atomic mass is 16.2. The Morgan fingerprint density at radius 1 is 0.944 bits per heavy atom. The van der Waals surface area contributed by atoms with E-state index in [9.17, 15) is 9.59 Å². The van der Waals surface area contributed by atoms with Crippen LogP contribution in [-0.2, 0) is 9.59 Å². The van der Waals surface area contributed by atoms with Crippen molar-refractivity contribution in [2.24, 2.45) is 11.8 Å². The van der Waals surface area contributed by atoms with E-state index in [1.165, 1.54) is 6.92 Å². The second kappa shape index (κ2) is 6.19. The molecule has 0 aliphatic rings. The molecule has 98 valence electrons. The van der Waals surface area contributed by atoms with Crippen LogP contribution in [0.25, 0.3) is 0 Å². The SMILES string of the molecule is CC(=O)Nc1ccc(NC(=O)C(C)C(C)C)cc1. The topological polar surface area (TPSA) is 58.2 Å². The van der Waals surface area contributed by atoms with E-state index in [2.05, 4.69) is 10.6 Å². The Labute approximate surface area is 108 Å². The Kier molecular flexibility index (Phi) is 4.89. The number of anilines is 2. The van der Waals surface area contributed by atoms with E-state index in [0.717, 1.165) is 11.4 Å². The van der Waals surface area contributed by atoms with Crippen LogP contribution in [0.15, 0.2) is 24.3 Å². The van der Waals surface area contributed by atoms with Gasteiger partial charge in [-0.3, -0.25) is 9.59 Å². The van der Waals surface area contributed by atoms with Crippen LogP contribution in [0.3, 0.4) is 0 Å². The van der Waals surface area contributed by atoms with Gasteiger partial charge < -0.3 is 10.6 Å². The third kappa shape index (κ3) is 4.20. The summed E-state index contributed by atoms with van der Waals surface area (Å²) in [6.45, 7) is 7.40. The van der Waals surface area contributed by atoms with Crippen molar-refractivity contribution in [3.05, 3.63) is 24.3 Å². The van der Waals surface area contributed by atoms with Crippen molar-refractivity contribution in [3.8, 4) is 0 Å². The maximum Gasteiger partial charge on any atom is 0.227 e. The molecule has 4 nitrogen and oxygen atoms in total. The van der Waals surface area contributed by atoms with Crippen molar-refractivity contribution in [2.75, 3.05) is 10.6 Å². The molecule has 0 aromatic heterocycles. The Bertz CT molecular complexity index is 424. The van der Waals surface area contributed by atoms with Crippen molar-refractivity contribution < 1.29 is 9.59 Å². The average molecular weight is 248 g/mol. The van der Waals surface area contributed by atoms with Crippen molar-refractivity contribution in [1.29, 1.82) is 0 Å². The molecule has 0 radical (unpaired) electrons. The molecule has 1 rings (SSSR count). The summed E-state index contributed by atoms with van der Waals surface area (Å²) in [6, 6.07) is 7.07. The number of rotatable bonds is 4. The van der Waals surface area contributed by atoms with Gasteiger partial charge in [0.2, 0.25) is 11.8 Å². The molecule has 4 heteroatoms. The van der Waals surface area contributed by atoms with E-state index < -0.39 is 0 Å². The van der Waals surface area contributed by atoms with Gasteiger partial charge in [-0.05, 0) is 30.2 Å². The smallest absolute Gasteiger partial charge is 0.227 e. The summed E-state index contributed by atoms with van der Waals surface area (Å²) in [6.07, 6.45) is 0. The van der Waals surface area contributed by atoms with Crippen LogP contribution >= 0.6 is 0 Å². The molecule has 1 atom stereocenters. The maximum atomic E-state index is 11.8. The Morgan fingerprint density at radius 2 is 1.39 bits per heavy atom. The third-order valence-corrected chi connectivity index (χ3v) is 2.89. The van der Waals surface area contributed by atoms with Gasteiger partial charge in [-0.15, -0.1) is 0 Å². The quantitative estimate of drug-likeness (QED) is 0.860. The van der Waals surface area contributed by atoms with Gasteiger partial charge in [-0.25, -0.2) is 0 Å². The van der Waals surface area contributed by atoms with Crippen LogP contribution in [-0.4, -0.2) is 11.8 Å². The van der Waals surface area contributed by atoms with Gasteiger partial charge in [0.05, 0.1) is 0 Å². The van der Waals surface area contributed by atoms with Gasteiger partial charge in [0.15, 0.2) is 0 Å². The van der Waals surface area contributed by atoms with Crippen LogP contribution < -0.4 is 10.6 Å². The summed E-state index contributed by atoms with van der Waals surface area (Å²) in [5, 5.41) is 5.53. The lowest BCUT2D eigenvalue weighted by molar-refractivity contribution is -0.120. The lowest BCUT2D eigenvalue weighted by atomic mass is 9.97. The van der Waals surface area contributed by atoms with E-state index in [0.29, 0.717) is 5.92 Å². The third-order valence-electron chi connectivity index (χ3n) is 2.89. The summed E-state index contributed by atoms with van der Waals surface area (Å²) in [5.41, 5.74) is 1.46. The predicted molar refractivity (Wildman–Crippen MR) is 73.4 cm³/mol. The summed E-state index contributed by atoms with van der Waals surface area (Å²) in [4.78, 5) is 22.7.